The lowest BCUT2D eigenvalue weighted by Crippen LogP contribution is -2.16. The van der Waals surface area contributed by atoms with Gasteiger partial charge in [-0.25, -0.2) is 8.42 Å². The number of rotatable bonds is 3. The first-order valence-electron chi connectivity index (χ1n) is 5.06. The van der Waals surface area contributed by atoms with Gasteiger partial charge in [0.1, 0.15) is 0 Å². The average Bonchev–Trinajstić information content (AvgIpc) is 2.55. The lowest BCUT2D eigenvalue weighted by molar-refractivity contribution is 0.592. The average molecular weight is 245 g/mol. The Kier molecular flexibility index (Phi) is 3.13. The molecule has 1 aromatic rings. The largest absolute Gasteiger partial charge is 0.319 e. The molecular weight excluding hydrogens is 230 g/mol. The summed E-state index contributed by atoms with van der Waals surface area (Å²) in [6.45, 7) is 0.951. The van der Waals surface area contributed by atoms with E-state index in [9.17, 15) is 8.42 Å². The molecule has 1 aromatic heterocycles. The van der Waals surface area contributed by atoms with Crippen LogP contribution in [0.25, 0.3) is 0 Å². The first-order valence-corrected chi connectivity index (χ1v) is 7.70. The van der Waals surface area contributed by atoms with Crippen molar-refractivity contribution in [2.24, 2.45) is 0 Å². The molecule has 84 valence electrons. The number of sulfone groups is 1. The molecule has 15 heavy (non-hydrogen) atoms. The van der Waals surface area contributed by atoms with Crippen molar-refractivity contribution >= 4 is 21.2 Å². The van der Waals surface area contributed by atoms with Gasteiger partial charge in [0, 0.05) is 9.75 Å². The maximum atomic E-state index is 11.4. The molecule has 0 saturated carbocycles. The molecule has 1 aliphatic heterocycles. The van der Waals surface area contributed by atoms with Gasteiger partial charge in [-0.05, 0) is 38.1 Å². The maximum absolute atomic E-state index is 11.4. The van der Waals surface area contributed by atoms with Crippen LogP contribution in [0.2, 0.25) is 0 Å². The summed E-state index contributed by atoms with van der Waals surface area (Å²) >= 11 is 1.77. The second kappa shape index (κ2) is 4.23. The summed E-state index contributed by atoms with van der Waals surface area (Å²) in [5, 5.41) is 3.10. The Morgan fingerprint density at radius 2 is 2.33 bits per heavy atom. The van der Waals surface area contributed by atoms with E-state index in [1.807, 2.05) is 7.05 Å². The van der Waals surface area contributed by atoms with Crippen molar-refractivity contribution in [3.63, 3.8) is 0 Å². The van der Waals surface area contributed by atoms with E-state index in [0.29, 0.717) is 12.2 Å². The van der Waals surface area contributed by atoms with Crippen molar-refractivity contribution in [3.8, 4) is 0 Å². The summed E-state index contributed by atoms with van der Waals surface area (Å²) in [7, 11) is -0.884. The first-order chi connectivity index (χ1) is 7.11. The smallest absolute Gasteiger partial charge is 0.154 e. The molecule has 0 radical (unpaired) electrons. The zero-order valence-corrected chi connectivity index (χ0v) is 10.4. The number of hydrogen-bond acceptors (Lipinski definition) is 4. The van der Waals surface area contributed by atoms with Gasteiger partial charge < -0.3 is 5.32 Å². The van der Waals surface area contributed by atoms with E-state index in [4.69, 9.17) is 0 Å². The predicted molar refractivity (Wildman–Crippen MR) is 63.1 cm³/mol. The van der Waals surface area contributed by atoms with Gasteiger partial charge in [0.05, 0.1) is 11.5 Å². The molecule has 5 heteroatoms. The molecule has 0 atom stereocenters. The third-order valence-corrected chi connectivity index (χ3v) is 5.46. The summed E-state index contributed by atoms with van der Waals surface area (Å²) in [4.78, 5) is 2.57. The second-order valence-corrected chi connectivity index (χ2v) is 7.26. The summed E-state index contributed by atoms with van der Waals surface area (Å²) in [5.74, 6) is 0.574. The Balaban J connectivity index is 2.18. The van der Waals surface area contributed by atoms with Crippen molar-refractivity contribution in [1.82, 2.24) is 5.32 Å². The van der Waals surface area contributed by atoms with Crippen molar-refractivity contribution in [2.45, 2.75) is 18.6 Å². The summed E-state index contributed by atoms with van der Waals surface area (Å²) < 4.78 is 22.9. The lowest BCUT2D eigenvalue weighted by Gasteiger charge is -2.10. The lowest BCUT2D eigenvalue weighted by atomic mass is 10.2. The molecule has 0 bridgehead atoms. The minimum atomic E-state index is -2.81. The highest BCUT2D eigenvalue weighted by molar-refractivity contribution is 7.90. The fraction of sp³-hybridized carbons (Fsp3) is 0.600. The SMILES string of the molecule is CNCCc1cc2c(s1)CCS(=O)(=O)C2. The molecule has 1 N–H and O–H groups in total. The number of likely N-dealkylation sites (N-methyl/N-ethyl adjacent to an activating group) is 1. The molecule has 0 fully saturated rings. The summed E-state index contributed by atoms with van der Waals surface area (Å²) in [5.41, 5.74) is 1.04. The van der Waals surface area contributed by atoms with Gasteiger partial charge in [-0.1, -0.05) is 0 Å². The Labute approximate surface area is 94.4 Å². The highest BCUT2D eigenvalue weighted by Gasteiger charge is 2.23. The van der Waals surface area contributed by atoms with Crippen LogP contribution in [0, 0.1) is 0 Å². The van der Waals surface area contributed by atoms with Crippen LogP contribution in [0.3, 0.4) is 0 Å². The molecule has 2 rings (SSSR count). The molecule has 0 aliphatic carbocycles. The summed E-state index contributed by atoms with van der Waals surface area (Å²) in [6.07, 6.45) is 1.70. The number of aryl methyl sites for hydroxylation is 1. The number of thiophene rings is 1. The first kappa shape index (κ1) is 11.1. The van der Waals surface area contributed by atoms with Crippen LogP contribution in [0.5, 0.6) is 0 Å². The highest BCUT2D eigenvalue weighted by atomic mass is 32.2. The van der Waals surface area contributed by atoms with Crippen molar-refractivity contribution in [1.29, 1.82) is 0 Å². The maximum Gasteiger partial charge on any atom is 0.154 e. The topological polar surface area (TPSA) is 46.2 Å². The zero-order valence-electron chi connectivity index (χ0n) is 8.75. The van der Waals surface area contributed by atoms with Gasteiger partial charge in [-0.2, -0.15) is 0 Å². The number of fused-ring (bicyclic) bond motifs is 1. The number of nitrogens with one attached hydrogen (secondary N) is 1. The van der Waals surface area contributed by atoms with Gasteiger partial charge in [0.2, 0.25) is 0 Å². The normalized spacial score (nSPS) is 18.7. The fourth-order valence-corrected chi connectivity index (χ4v) is 4.59. The summed E-state index contributed by atoms with van der Waals surface area (Å²) in [6, 6.07) is 2.06. The van der Waals surface area contributed by atoms with Gasteiger partial charge in [0.15, 0.2) is 9.84 Å². The van der Waals surface area contributed by atoms with E-state index in [1.165, 1.54) is 9.75 Å². The van der Waals surface area contributed by atoms with Gasteiger partial charge >= 0.3 is 0 Å². The third kappa shape index (κ3) is 2.59. The third-order valence-electron chi connectivity index (χ3n) is 2.58. The number of hydrogen-bond donors (Lipinski definition) is 1. The molecule has 0 amide bonds. The van der Waals surface area contributed by atoms with Crippen LogP contribution >= 0.6 is 11.3 Å². The Morgan fingerprint density at radius 3 is 3.07 bits per heavy atom. The predicted octanol–water partition coefficient (Wildman–Crippen LogP) is 0.981. The molecule has 3 nitrogen and oxygen atoms in total. The van der Waals surface area contributed by atoms with Crippen molar-refractivity contribution < 1.29 is 8.42 Å². The fourth-order valence-electron chi connectivity index (χ4n) is 1.79. The van der Waals surface area contributed by atoms with E-state index < -0.39 is 9.84 Å². The molecule has 0 unspecified atom stereocenters. The van der Waals surface area contributed by atoms with E-state index in [1.54, 1.807) is 11.3 Å². The van der Waals surface area contributed by atoms with E-state index in [0.717, 1.165) is 18.5 Å². The molecular formula is C10H15NO2S2. The molecule has 0 saturated heterocycles. The minimum absolute atomic E-state index is 0.248. The quantitative estimate of drug-likeness (QED) is 0.863. The Morgan fingerprint density at radius 1 is 1.53 bits per heavy atom. The molecule has 2 heterocycles. The molecule has 0 spiro atoms. The Hall–Kier alpha value is -0.390. The zero-order chi connectivity index (χ0) is 10.9. The van der Waals surface area contributed by atoms with Crippen molar-refractivity contribution in [2.75, 3.05) is 19.3 Å². The van der Waals surface area contributed by atoms with Crippen LogP contribution in [-0.4, -0.2) is 27.8 Å². The van der Waals surface area contributed by atoms with E-state index in [-0.39, 0.29) is 5.75 Å². The second-order valence-electron chi connectivity index (χ2n) is 3.86. The molecule has 0 aromatic carbocycles. The van der Waals surface area contributed by atoms with E-state index in [2.05, 4.69) is 11.4 Å². The van der Waals surface area contributed by atoms with Crippen LogP contribution in [0.4, 0.5) is 0 Å². The van der Waals surface area contributed by atoms with Crippen LogP contribution in [0.15, 0.2) is 6.07 Å². The standard InChI is InChI=1S/C10H15NO2S2/c1-11-4-2-9-6-8-7-15(12,13)5-3-10(8)14-9/h6,11H,2-5,7H2,1H3. The Bertz CT molecular complexity index is 448. The molecule has 1 aliphatic rings. The van der Waals surface area contributed by atoms with Crippen LogP contribution in [-0.2, 0) is 28.4 Å². The monoisotopic (exact) mass is 245 g/mol. The highest BCUT2D eigenvalue weighted by Crippen LogP contribution is 2.29. The minimum Gasteiger partial charge on any atom is -0.319 e. The van der Waals surface area contributed by atoms with Crippen molar-refractivity contribution in [3.05, 3.63) is 21.4 Å². The van der Waals surface area contributed by atoms with Gasteiger partial charge in [-0.15, -0.1) is 11.3 Å². The van der Waals surface area contributed by atoms with Crippen LogP contribution < -0.4 is 5.32 Å². The van der Waals surface area contributed by atoms with Gasteiger partial charge in [-0.3, -0.25) is 0 Å². The van der Waals surface area contributed by atoms with Gasteiger partial charge in [0.25, 0.3) is 0 Å². The van der Waals surface area contributed by atoms with Crippen LogP contribution in [0.1, 0.15) is 15.3 Å². The van der Waals surface area contributed by atoms with E-state index >= 15 is 0 Å².